The number of anilines is 1. The number of hydrogen-bond acceptors (Lipinski definition) is 4. The first-order valence-electron chi connectivity index (χ1n) is 5.57. The minimum atomic E-state index is -0.264. The summed E-state index contributed by atoms with van der Waals surface area (Å²) in [4.78, 5) is 10.2. The molecule has 0 unspecified atom stereocenters. The summed E-state index contributed by atoms with van der Waals surface area (Å²) in [6.45, 7) is 3.66. The Balaban J connectivity index is 2.09. The molecule has 1 saturated heterocycles. The SMILES string of the molecule is C[C@@H](O)[C@@H]1CCCN(c2cc(Cl)ncn2)C1. The van der Waals surface area contributed by atoms with Crippen LogP contribution in [0.5, 0.6) is 0 Å². The van der Waals surface area contributed by atoms with Crippen LogP contribution in [0.25, 0.3) is 0 Å². The normalized spacial score (nSPS) is 23.2. The molecule has 2 atom stereocenters. The highest BCUT2D eigenvalue weighted by atomic mass is 35.5. The molecule has 0 aromatic carbocycles. The van der Waals surface area contributed by atoms with Gasteiger partial charge in [-0.25, -0.2) is 9.97 Å². The standard InChI is InChI=1S/C11H16ClN3O/c1-8(16)9-3-2-4-15(6-9)11-5-10(12)13-7-14-11/h5,7-9,16H,2-4,6H2,1H3/t8-,9-/m1/s1. The predicted octanol–water partition coefficient (Wildman–Crippen LogP) is 1.73. The second kappa shape index (κ2) is 4.97. The largest absolute Gasteiger partial charge is 0.393 e. The van der Waals surface area contributed by atoms with Crippen LogP contribution in [-0.2, 0) is 0 Å². The fourth-order valence-corrected chi connectivity index (χ4v) is 2.25. The van der Waals surface area contributed by atoms with Crippen LogP contribution in [0.1, 0.15) is 19.8 Å². The van der Waals surface area contributed by atoms with Gasteiger partial charge >= 0.3 is 0 Å². The molecule has 2 heterocycles. The molecular formula is C11H16ClN3O. The van der Waals surface area contributed by atoms with Gasteiger partial charge in [0.1, 0.15) is 17.3 Å². The quantitative estimate of drug-likeness (QED) is 0.802. The van der Waals surface area contributed by atoms with Crippen LogP contribution in [0.2, 0.25) is 5.15 Å². The van der Waals surface area contributed by atoms with Crippen LogP contribution in [0.4, 0.5) is 5.82 Å². The summed E-state index contributed by atoms with van der Waals surface area (Å²) in [6.07, 6.45) is 3.37. The van der Waals surface area contributed by atoms with Crippen molar-refractivity contribution >= 4 is 17.4 Å². The molecule has 0 amide bonds. The molecule has 0 saturated carbocycles. The summed E-state index contributed by atoms with van der Waals surface area (Å²) in [7, 11) is 0. The number of piperidine rings is 1. The molecule has 0 aliphatic carbocycles. The first kappa shape index (κ1) is 11.6. The van der Waals surface area contributed by atoms with Crippen molar-refractivity contribution < 1.29 is 5.11 Å². The van der Waals surface area contributed by atoms with E-state index in [-0.39, 0.29) is 6.10 Å². The number of nitrogens with zero attached hydrogens (tertiary/aromatic N) is 3. The molecule has 2 rings (SSSR count). The molecule has 0 bridgehead atoms. The number of hydrogen-bond donors (Lipinski definition) is 1. The van der Waals surface area contributed by atoms with E-state index in [1.165, 1.54) is 6.33 Å². The minimum absolute atomic E-state index is 0.264. The van der Waals surface area contributed by atoms with Crippen molar-refractivity contribution in [2.24, 2.45) is 5.92 Å². The molecule has 1 aliphatic rings. The first-order valence-corrected chi connectivity index (χ1v) is 5.95. The van der Waals surface area contributed by atoms with Gasteiger partial charge in [-0.2, -0.15) is 0 Å². The van der Waals surface area contributed by atoms with Gasteiger partial charge in [-0.1, -0.05) is 11.6 Å². The molecule has 0 spiro atoms. The van der Waals surface area contributed by atoms with Crippen LogP contribution in [0.3, 0.4) is 0 Å². The van der Waals surface area contributed by atoms with Gasteiger partial charge in [-0.3, -0.25) is 0 Å². The highest BCUT2D eigenvalue weighted by molar-refractivity contribution is 6.29. The van der Waals surface area contributed by atoms with Gasteiger partial charge in [0, 0.05) is 25.1 Å². The van der Waals surface area contributed by atoms with E-state index >= 15 is 0 Å². The number of aliphatic hydroxyl groups excluding tert-OH is 1. The molecule has 5 heteroatoms. The molecule has 16 heavy (non-hydrogen) atoms. The van der Waals surface area contributed by atoms with Gasteiger partial charge in [0.25, 0.3) is 0 Å². The number of halogens is 1. The van der Waals surface area contributed by atoms with Crippen molar-refractivity contribution in [3.8, 4) is 0 Å². The Labute approximate surface area is 100 Å². The second-order valence-corrected chi connectivity index (χ2v) is 4.68. The van der Waals surface area contributed by atoms with Crippen LogP contribution in [0.15, 0.2) is 12.4 Å². The van der Waals surface area contributed by atoms with Crippen molar-refractivity contribution in [3.05, 3.63) is 17.5 Å². The van der Waals surface area contributed by atoms with E-state index in [9.17, 15) is 5.11 Å². The van der Waals surface area contributed by atoms with Crippen LogP contribution in [-0.4, -0.2) is 34.3 Å². The molecule has 1 aromatic heterocycles. The maximum absolute atomic E-state index is 9.61. The van der Waals surface area contributed by atoms with E-state index in [1.807, 2.05) is 6.92 Å². The lowest BCUT2D eigenvalue weighted by molar-refractivity contribution is 0.115. The van der Waals surface area contributed by atoms with Gasteiger partial charge in [-0.15, -0.1) is 0 Å². The van der Waals surface area contributed by atoms with E-state index < -0.39 is 0 Å². The zero-order valence-corrected chi connectivity index (χ0v) is 10.1. The van der Waals surface area contributed by atoms with Crippen molar-refractivity contribution in [3.63, 3.8) is 0 Å². The molecule has 1 aliphatic heterocycles. The third-order valence-corrected chi connectivity index (χ3v) is 3.29. The molecule has 4 nitrogen and oxygen atoms in total. The summed E-state index contributed by atoms with van der Waals surface area (Å²) in [5.74, 6) is 1.17. The van der Waals surface area contributed by atoms with Crippen LogP contribution in [0, 0.1) is 5.92 Å². The Hall–Kier alpha value is -0.870. The van der Waals surface area contributed by atoms with Crippen molar-refractivity contribution in [2.45, 2.75) is 25.9 Å². The fraction of sp³-hybridized carbons (Fsp3) is 0.636. The van der Waals surface area contributed by atoms with Gasteiger partial charge < -0.3 is 10.0 Å². The maximum atomic E-state index is 9.61. The Kier molecular flexibility index (Phi) is 3.61. The monoisotopic (exact) mass is 241 g/mol. The van der Waals surface area contributed by atoms with E-state index in [0.717, 1.165) is 31.7 Å². The molecular weight excluding hydrogens is 226 g/mol. The molecule has 1 fully saturated rings. The summed E-state index contributed by atoms with van der Waals surface area (Å²) in [5.41, 5.74) is 0. The highest BCUT2D eigenvalue weighted by Crippen LogP contribution is 2.24. The number of aromatic nitrogens is 2. The average molecular weight is 242 g/mol. The van der Waals surface area contributed by atoms with Crippen molar-refractivity contribution in [1.29, 1.82) is 0 Å². The van der Waals surface area contributed by atoms with Crippen LogP contribution < -0.4 is 4.90 Å². The van der Waals surface area contributed by atoms with Gasteiger partial charge in [-0.05, 0) is 19.8 Å². The Morgan fingerprint density at radius 3 is 3.06 bits per heavy atom. The fourth-order valence-electron chi connectivity index (χ4n) is 2.11. The smallest absolute Gasteiger partial charge is 0.134 e. The maximum Gasteiger partial charge on any atom is 0.134 e. The van der Waals surface area contributed by atoms with Gasteiger partial charge in [0.2, 0.25) is 0 Å². The van der Waals surface area contributed by atoms with Crippen LogP contribution >= 0.6 is 11.6 Å². The van der Waals surface area contributed by atoms with E-state index in [0.29, 0.717) is 11.1 Å². The van der Waals surface area contributed by atoms with E-state index in [4.69, 9.17) is 11.6 Å². The van der Waals surface area contributed by atoms with Crippen molar-refractivity contribution in [2.75, 3.05) is 18.0 Å². The number of rotatable bonds is 2. The zero-order chi connectivity index (χ0) is 11.5. The Morgan fingerprint density at radius 2 is 2.38 bits per heavy atom. The molecule has 1 aromatic rings. The molecule has 88 valence electrons. The van der Waals surface area contributed by atoms with E-state index in [1.54, 1.807) is 6.07 Å². The van der Waals surface area contributed by atoms with Gasteiger partial charge in [0.15, 0.2) is 0 Å². The third kappa shape index (κ3) is 2.62. The summed E-state index contributed by atoms with van der Waals surface area (Å²) in [6, 6.07) is 1.77. The summed E-state index contributed by atoms with van der Waals surface area (Å²) >= 11 is 5.84. The summed E-state index contributed by atoms with van der Waals surface area (Å²) < 4.78 is 0. The lowest BCUT2D eigenvalue weighted by Crippen LogP contribution is -2.39. The van der Waals surface area contributed by atoms with Gasteiger partial charge in [0.05, 0.1) is 6.10 Å². The lowest BCUT2D eigenvalue weighted by Gasteiger charge is -2.34. The lowest BCUT2D eigenvalue weighted by atomic mass is 9.93. The van der Waals surface area contributed by atoms with Crippen molar-refractivity contribution in [1.82, 2.24) is 9.97 Å². The zero-order valence-electron chi connectivity index (χ0n) is 9.30. The summed E-state index contributed by atoms with van der Waals surface area (Å²) in [5, 5.41) is 10.1. The average Bonchev–Trinajstić information content (AvgIpc) is 2.29. The molecule has 1 N–H and O–H groups in total. The van der Waals surface area contributed by atoms with E-state index in [2.05, 4.69) is 14.9 Å². The number of aliphatic hydroxyl groups is 1. The second-order valence-electron chi connectivity index (χ2n) is 4.29. The molecule has 0 radical (unpaired) electrons. The topological polar surface area (TPSA) is 49.2 Å². The minimum Gasteiger partial charge on any atom is -0.393 e. The Morgan fingerprint density at radius 1 is 1.56 bits per heavy atom. The highest BCUT2D eigenvalue weighted by Gasteiger charge is 2.24. The third-order valence-electron chi connectivity index (χ3n) is 3.08. The first-order chi connectivity index (χ1) is 7.66. The predicted molar refractivity (Wildman–Crippen MR) is 63.7 cm³/mol. The Bertz CT molecular complexity index is 359.